The quantitative estimate of drug-likeness (QED) is 0.257. The lowest BCUT2D eigenvalue weighted by Gasteiger charge is -2.27. The zero-order valence-corrected chi connectivity index (χ0v) is 22.5. The number of nitrogens with zero attached hydrogens (tertiary/aromatic N) is 2. The number of amides is 1. The van der Waals surface area contributed by atoms with Crippen LogP contribution in [-0.4, -0.2) is 41.8 Å². The van der Waals surface area contributed by atoms with Crippen molar-refractivity contribution in [3.05, 3.63) is 94.9 Å². The Labute approximate surface area is 227 Å². The van der Waals surface area contributed by atoms with Crippen LogP contribution in [0.5, 0.6) is 17.2 Å². The first-order valence-corrected chi connectivity index (χ1v) is 13.0. The van der Waals surface area contributed by atoms with Crippen molar-refractivity contribution < 1.29 is 23.4 Å². The van der Waals surface area contributed by atoms with Crippen molar-refractivity contribution in [2.75, 3.05) is 20.8 Å². The van der Waals surface area contributed by atoms with Gasteiger partial charge in [0.2, 0.25) is 0 Å². The number of nitrogens with one attached hydrogen (secondary N) is 1. The van der Waals surface area contributed by atoms with Crippen molar-refractivity contribution in [1.82, 2.24) is 15.1 Å². The zero-order valence-electron chi connectivity index (χ0n) is 22.5. The average molecular weight is 530 g/mol. The molecule has 1 aliphatic heterocycles. The van der Waals surface area contributed by atoms with E-state index in [1.807, 2.05) is 42.5 Å². The molecule has 1 unspecified atom stereocenters. The number of hydrogen-bond donors (Lipinski definition) is 1. The lowest BCUT2D eigenvalue weighted by Crippen LogP contribution is -2.29. The van der Waals surface area contributed by atoms with Gasteiger partial charge in [-0.15, -0.1) is 0 Å². The van der Waals surface area contributed by atoms with Gasteiger partial charge in [-0.25, -0.2) is 4.39 Å². The van der Waals surface area contributed by atoms with Crippen molar-refractivity contribution >= 4 is 5.91 Å². The van der Waals surface area contributed by atoms with Crippen LogP contribution >= 0.6 is 0 Å². The minimum Gasteiger partial charge on any atom is -0.497 e. The number of halogens is 1. The van der Waals surface area contributed by atoms with E-state index in [0.717, 1.165) is 34.4 Å². The maximum atomic E-state index is 13.7. The average Bonchev–Trinajstić information content (AvgIpc) is 3.49. The lowest BCUT2D eigenvalue weighted by molar-refractivity contribution is 0.0730. The van der Waals surface area contributed by atoms with E-state index in [2.05, 4.69) is 24.0 Å². The largest absolute Gasteiger partial charge is 0.497 e. The van der Waals surface area contributed by atoms with E-state index in [1.165, 1.54) is 12.1 Å². The van der Waals surface area contributed by atoms with Gasteiger partial charge in [0.05, 0.1) is 32.6 Å². The summed E-state index contributed by atoms with van der Waals surface area (Å²) in [4.78, 5) is 15.5. The fourth-order valence-electron chi connectivity index (χ4n) is 4.84. The highest BCUT2D eigenvalue weighted by Crippen LogP contribution is 2.45. The van der Waals surface area contributed by atoms with Gasteiger partial charge in [0.25, 0.3) is 5.91 Å². The van der Waals surface area contributed by atoms with Crippen molar-refractivity contribution in [3.63, 3.8) is 0 Å². The van der Waals surface area contributed by atoms with Gasteiger partial charge in [0.15, 0.2) is 11.5 Å². The fraction of sp³-hybridized carbons (Fsp3) is 0.290. The van der Waals surface area contributed by atoms with E-state index in [-0.39, 0.29) is 11.7 Å². The fourth-order valence-corrected chi connectivity index (χ4v) is 4.84. The molecule has 5 rings (SSSR count). The summed E-state index contributed by atoms with van der Waals surface area (Å²) < 4.78 is 30.6. The summed E-state index contributed by atoms with van der Waals surface area (Å²) >= 11 is 0. The standard InChI is InChI=1S/C31H32FN3O4/c1-19(2)15-16-39-25-14-9-22(17-26(25)38-4)30-27-28(21-7-12-24(37-3)13-8-21)33-34-29(27)31(36)35(30)18-20-5-10-23(32)11-6-20/h5-14,17,19,30H,15-16,18H2,1-4H3,(H,33,34). The maximum Gasteiger partial charge on any atom is 0.273 e. The molecule has 3 aromatic carbocycles. The van der Waals surface area contributed by atoms with E-state index in [9.17, 15) is 9.18 Å². The van der Waals surface area contributed by atoms with E-state index >= 15 is 0 Å². The highest BCUT2D eigenvalue weighted by molar-refractivity contribution is 6.00. The monoisotopic (exact) mass is 529 g/mol. The minimum absolute atomic E-state index is 0.178. The number of ether oxygens (including phenoxy) is 3. The topological polar surface area (TPSA) is 76.7 Å². The molecule has 0 saturated carbocycles. The maximum absolute atomic E-state index is 13.7. The second-order valence-electron chi connectivity index (χ2n) is 9.99. The van der Waals surface area contributed by atoms with Gasteiger partial charge >= 0.3 is 0 Å². The summed E-state index contributed by atoms with van der Waals surface area (Å²) in [5.41, 5.74) is 4.43. The number of aromatic nitrogens is 2. The van der Waals surface area contributed by atoms with Gasteiger partial charge in [-0.05, 0) is 72.0 Å². The molecule has 1 aliphatic rings. The number of aromatic amines is 1. The van der Waals surface area contributed by atoms with Crippen LogP contribution in [0.1, 0.15) is 53.5 Å². The van der Waals surface area contributed by atoms with Crippen LogP contribution in [0.15, 0.2) is 66.7 Å². The Balaban J connectivity index is 1.57. The molecule has 0 radical (unpaired) electrons. The zero-order chi connectivity index (χ0) is 27.5. The summed E-state index contributed by atoms with van der Waals surface area (Å²) in [7, 11) is 3.23. The molecule has 39 heavy (non-hydrogen) atoms. The molecule has 7 nitrogen and oxygen atoms in total. The molecule has 2 heterocycles. The van der Waals surface area contributed by atoms with Crippen molar-refractivity contribution in [1.29, 1.82) is 0 Å². The number of carbonyl (C=O) groups is 1. The summed E-state index contributed by atoms with van der Waals surface area (Å²) in [6, 6.07) is 19.1. The van der Waals surface area contributed by atoms with Gasteiger partial charge in [-0.1, -0.05) is 32.0 Å². The summed E-state index contributed by atoms with van der Waals surface area (Å²) in [6.45, 7) is 5.18. The molecular formula is C31H32FN3O4. The number of rotatable bonds is 10. The first kappa shape index (κ1) is 26.3. The molecule has 0 spiro atoms. The molecule has 0 fully saturated rings. The van der Waals surface area contributed by atoms with Gasteiger partial charge in [0, 0.05) is 17.7 Å². The normalized spacial score (nSPS) is 14.6. The summed E-state index contributed by atoms with van der Waals surface area (Å²) in [6.07, 6.45) is 0.928. The third-order valence-corrected chi connectivity index (χ3v) is 6.95. The Morgan fingerprint density at radius 1 is 0.974 bits per heavy atom. The summed E-state index contributed by atoms with van der Waals surface area (Å²) in [5, 5.41) is 7.52. The van der Waals surface area contributed by atoms with Gasteiger partial charge < -0.3 is 19.1 Å². The number of benzene rings is 3. The third kappa shape index (κ3) is 5.32. The molecule has 1 aromatic heterocycles. The molecule has 1 amide bonds. The second-order valence-corrected chi connectivity index (χ2v) is 9.99. The molecule has 0 bridgehead atoms. The minimum atomic E-state index is -0.452. The van der Waals surface area contributed by atoms with Crippen molar-refractivity contribution in [2.24, 2.45) is 5.92 Å². The molecule has 0 saturated heterocycles. The SMILES string of the molecule is COc1ccc(-c2n[nH]c3c2C(c2ccc(OCCC(C)C)c(OC)c2)N(Cc2ccc(F)cc2)C3=O)cc1. The van der Waals surface area contributed by atoms with Gasteiger partial charge in [-0.2, -0.15) is 5.10 Å². The highest BCUT2D eigenvalue weighted by Gasteiger charge is 2.42. The first-order chi connectivity index (χ1) is 18.9. The van der Waals surface area contributed by atoms with E-state index in [0.29, 0.717) is 42.0 Å². The number of H-pyrrole nitrogens is 1. The van der Waals surface area contributed by atoms with Gasteiger partial charge in [0.1, 0.15) is 17.3 Å². The van der Waals surface area contributed by atoms with Crippen LogP contribution < -0.4 is 14.2 Å². The Bertz CT molecular complexity index is 1450. The van der Waals surface area contributed by atoms with E-state index < -0.39 is 6.04 Å². The lowest BCUT2D eigenvalue weighted by atomic mass is 9.95. The third-order valence-electron chi connectivity index (χ3n) is 6.95. The van der Waals surface area contributed by atoms with Crippen LogP contribution in [0.2, 0.25) is 0 Å². The molecule has 202 valence electrons. The van der Waals surface area contributed by atoms with Crippen LogP contribution in [0.4, 0.5) is 4.39 Å². The molecular weight excluding hydrogens is 497 g/mol. The van der Waals surface area contributed by atoms with Crippen LogP contribution in [0.3, 0.4) is 0 Å². The van der Waals surface area contributed by atoms with E-state index in [4.69, 9.17) is 14.2 Å². The Morgan fingerprint density at radius 3 is 2.38 bits per heavy atom. The Hall–Kier alpha value is -4.33. The van der Waals surface area contributed by atoms with Crippen molar-refractivity contribution in [3.8, 4) is 28.5 Å². The Morgan fingerprint density at radius 2 is 1.72 bits per heavy atom. The smallest absolute Gasteiger partial charge is 0.273 e. The number of fused-ring (bicyclic) bond motifs is 1. The van der Waals surface area contributed by atoms with E-state index in [1.54, 1.807) is 31.3 Å². The predicted molar refractivity (Wildman–Crippen MR) is 147 cm³/mol. The van der Waals surface area contributed by atoms with Crippen molar-refractivity contribution in [2.45, 2.75) is 32.9 Å². The summed E-state index contributed by atoms with van der Waals surface area (Å²) in [5.74, 6) is 2.00. The number of methoxy groups -OCH3 is 2. The molecule has 1 atom stereocenters. The van der Waals surface area contributed by atoms with Gasteiger partial charge in [-0.3, -0.25) is 9.89 Å². The molecule has 8 heteroatoms. The number of hydrogen-bond acceptors (Lipinski definition) is 5. The Kier molecular flexibility index (Phi) is 7.54. The second kappa shape index (κ2) is 11.2. The highest BCUT2D eigenvalue weighted by atomic mass is 19.1. The molecule has 0 aliphatic carbocycles. The molecule has 1 N–H and O–H groups in total. The molecule has 4 aromatic rings. The van der Waals surface area contributed by atoms with Crippen LogP contribution in [-0.2, 0) is 6.54 Å². The van der Waals surface area contributed by atoms with Crippen LogP contribution in [0, 0.1) is 11.7 Å². The number of carbonyl (C=O) groups excluding carboxylic acids is 1. The van der Waals surface area contributed by atoms with Crippen LogP contribution in [0.25, 0.3) is 11.3 Å². The predicted octanol–water partition coefficient (Wildman–Crippen LogP) is 6.40. The first-order valence-electron chi connectivity index (χ1n) is 13.0.